The van der Waals surface area contributed by atoms with E-state index in [1.165, 1.54) is 15.8 Å². The van der Waals surface area contributed by atoms with E-state index in [9.17, 15) is 4.79 Å². The van der Waals surface area contributed by atoms with Crippen LogP contribution in [0.25, 0.3) is 10.9 Å². The van der Waals surface area contributed by atoms with Gasteiger partial charge in [0, 0.05) is 47.5 Å². The van der Waals surface area contributed by atoms with Crippen LogP contribution in [0.5, 0.6) is 0 Å². The van der Waals surface area contributed by atoms with Gasteiger partial charge in [-0.2, -0.15) is 0 Å². The number of para-hydroxylation sites is 1. The summed E-state index contributed by atoms with van der Waals surface area (Å²) in [5, 5.41) is 6.98. The molecule has 0 aliphatic carbocycles. The molecule has 5 nitrogen and oxygen atoms in total. The quantitative estimate of drug-likeness (QED) is 0.439. The van der Waals surface area contributed by atoms with E-state index >= 15 is 0 Å². The molecule has 1 amide bonds. The SMILES string of the molecule is O=C([C@@H](NC[C@H](c1cccs1)c1c[nH]c2ccccc12)c1ccccc1)N1CCOCC1. The van der Waals surface area contributed by atoms with E-state index in [0.29, 0.717) is 32.8 Å². The third kappa shape index (κ3) is 4.35. The number of benzene rings is 2. The zero-order valence-electron chi connectivity index (χ0n) is 17.9. The minimum atomic E-state index is -0.387. The van der Waals surface area contributed by atoms with Crippen LogP contribution in [0.4, 0.5) is 0 Å². The Bertz CT molecular complexity index is 1150. The van der Waals surface area contributed by atoms with Crippen LogP contribution in [0.15, 0.2) is 78.3 Å². The minimum absolute atomic E-state index is 0.114. The van der Waals surface area contributed by atoms with Crippen LogP contribution in [0.2, 0.25) is 0 Å². The summed E-state index contributed by atoms with van der Waals surface area (Å²) in [6.45, 7) is 3.14. The number of ether oxygens (including phenoxy) is 1. The fourth-order valence-electron chi connectivity index (χ4n) is 4.43. The van der Waals surface area contributed by atoms with Crippen LogP contribution < -0.4 is 5.32 Å². The maximum atomic E-state index is 13.5. The highest BCUT2D eigenvalue weighted by molar-refractivity contribution is 7.10. The van der Waals surface area contributed by atoms with E-state index in [1.807, 2.05) is 41.3 Å². The molecule has 5 rings (SSSR count). The predicted molar refractivity (Wildman–Crippen MR) is 129 cm³/mol. The van der Waals surface area contributed by atoms with Crippen molar-refractivity contribution >= 4 is 28.1 Å². The van der Waals surface area contributed by atoms with Crippen LogP contribution in [0, 0.1) is 0 Å². The Labute approximate surface area is 192 Å². The van der Waals surface area contributed by atoms with Gasteiger partial charge in [-0.05, 0) is 28.6 Å². The van der Waals surface area contributed by atoms with Crippen molar-refractivity contribution in [1.29, 1.82) is 0 Å². The van der Waals surface area contributed by atoms with Gasteiger partial charge in [-0.15, -0.1) is 11.3 Å². The van der Waals surface area contributed by atoms with Gasteiger partial charge in [-0.3, -0.25) is 4.79 Å². The number of carbonyl (C=O) groups is 1. The lowest BCUT2D eigenvalue weighted by atomic mass is 9.95. The summed E-state index contributed by atoms with van der Waals surface area (Å²) < 4.78 is 5.46. The second-order valence-electron chi connectivity index (χ2n) is 8.05. The van der Waals surface area contributed by atoms with E-state index in [2.05, 4.69) is 52.2 Å². The third-order valence-electron chi connectivity index (χ3n) is 6.11. The summed E-state index contributed by atoms with van der Waals surface area (Å²) in [5.74, 6) is 0.262. The number of nitrogens with one attached hydrogen (secondary N) is 2. The molecule has 0 bridgehead atoms. The normalized spacial score (nSPS) is 16.2. The van der Waals surface area contributed by atoms with Gasteiger partial charge in [-0.1, -0.05) is 54.6 Å². The molecule has 2 N–H and O–H groups in total. The number of aromatic amines is 1. The fourth-order valence-corrected chi connectivity index (χ4v) is 5.28. The molecule has 32 heavy (non-hydrogen) atoms. The average Bonchev–Trinajstić information content (AvgIpc) is 3.54. The number of morpholine rings is 1. The van der Waals surface area contributed by atoms with Crippen LogP contribution in [0.1, 0.15) is 28.0 Å². The number of thiophene rings is 1. The molecular formula is C26H27N3O2S. The van der Waals surface area contributed by atoms with Crippen molar-refractivity contribution in [3.8, 4) is 0 Å². The van der Waals surface area contributed by atoms with E-state index in [0.717, 1.165) is 11.1 Å². The van der Waals surface area contributed by atoms with Crippen LogP contribution in [-0.2, 0) is 9.53 Å². The molecule has 1 fully saturated rings. The van der Waals surface area contributed by atoms with E-state index in [4.69, 9.17) is 4.74 Å². The highest BCUT2D eigenvalue weighted by atomic mass is 32.1. The number of hydrogen-bond acceptors (Lipinski definition) is 4. The summed E-state index contributed by atoms with van der Waals surface area (Å²) in [6.07, 6.45) is 2.11. The molecular weight excluding hydrogens is 418 g/mol. The molecule has 164 valence electrons. The molecule has 1 aliphatic rings. The zero-order valence-corrected chi connectivity index (χ0v) is 18.7. The van der Waals surface area contributed by atoms with Gasteiger partial charge in [-0.25, -0.2) is 0 Å². The number of hydrogen-bond donors (Lipinski definition) is 2. The lowest BCUT2D eigenvalue weighted by Crippen LogP contribution is -2.46. The van der Waals surface area contributed by atoms with Gasteiger partial charge in [0.15, 0.2) is 0 Å². The first-order chi connectivity index (χ1) is 15.8. The standard InChI is InChI=1S/C26H27N3O2S/c30-26(29-12-14-31-15-13-29)25(19-7-2-1-3-8-19)28-18-22(24-11-6-16-32-24)21-17-27-23-10-5-4-9-20(21)23/h1-11,16-17,22,25,27-28H,12-15,18H2/t22-,25-/m0/s1. The molecule has 2 aromatic heterocycles. The van der Waals surface area contributed by atoms with Gasteiger partial charge in [0.2, 0.25) is 5.91 Å². The van der Waals surface area contributed by atoms with Crippen LogP contribution >= 0.6 is 11.3 Å². The number of rotatable bonds is 7. The molecule has 0 radical (unpaired) electrons. The Morgan fingerprint density at radius 3 is 2.59 bits per heavy atom. The largest absolute Gasteiger partial charge is 0.378 e. The minimum Gasteiger partial charge on any atom is -0.378 e. The topological polar surface area (TPSA) is 57.4 Å². The zero-order chi connectivity index (χ0) is 21.8. The molecule has 3 heterocycles. The Kier molecular flexibility index (Phi) is 6.34. The van der Waals surface area contributed by atoms with Gasteiger partial charge in [0.25, 0.3) is 0 Å². The molecule has 6 heteroatoms. The molecule has 1 saturated heterocycles. The fraction of sp³-hybridized carbons (Fsp3) is 0.269. The van der Waals surface area contributed by atoms with Crippen LogP contribution in [0.3, 0.4) is 0 Å². The molecule has 0 unspecified atom stereocenters. The van der Waals surface area contributed by atoms with Crippen molar-refractivity contribution in [2.75, 3.05) is 32.8 Å². The molecule has 2 aromatic carbocycles. The Balaban J connectivity index is 1.44. The number of H-pyrrole nitrogens is 1. The summed E-state index contributed by atoms with van der Waals surface area (Å²) in [5.41, 5.74) is 3.38. The monoisotopic (exact) mass is 445 g/mol. The Hall–Kier alpha value is -2.93. The number of amides is 1. The summed E-state index contributed by atoms with van der Waals surface area (Å²) in [6, 6.07) is 22.3. The van der Waals surface area contributed by atoms with Crippen molar-refractivity contribution in [3.05, 3.63) is 94.3 Å². The molecule has 2 atom stereocenters. The van der Waals surface area contributed by atoms with Crippen LogP contribution in [-0.4, -0.2) is 48.6 Å². The first-order valence-corrected chi connectivity index (χ1v) is 11.9. The van der Waals surface area contributed by atoms with E-state index < -0.39 is 0 Å². The summed E-state index contributed by atoms with van der Waals surface area (Å²) in [7, 11) is 0. The van der Waals surface area contributed by atoms with Crippen molar-refractivity contribution in [2.45, 2.75) is 12.0 Å². The van der Waals surface area contributed by atoms with Gasteiger partial charge < -0.3 is 19.9 Å². The Morgan fingerprint density at radius 2 is 1.81 bits per heavy atom. The van der Waals surface area contributed by atoms with Crippen molar-refractivity contribution in [3.63, 3.8) is 0 Å². The highest BCUT2D eigenvalue weighted by Crippen LogP contribution is 2.33. The first kappa shape index (κ1) is 20.9. The number of carbonyl (C=O) groups excluding carboxylic acids is 1. The van der Waals surface area contributed by atoms with Crippen molar-refractivity contribution in [2.24, 2.45) is 0 Å². The molecule has 0 saturated carbocycles. The maximum absolute atomic E-state index is 13.5. The smallest absolute Gasteiger partial charge is 0.244 e. The van der Waals surface area contributed by atoms with Gasteiger partial charge in [0.1, 0.15) is 6.04 Å². The lowest BCUT2D eigenvalue weighted by molar-refractivity contribution is -0.137. The summed E-state index contributed by atoms with van der Waals surface area (Å²) >= 11 is 1.76. The first-order valence-electron chi connectivity index (χ1n) is 11.1. The third-order valence-corrected chi connectivity index (χ3v) is 7.10. The highest BCUT2D eigenvalue weighted by Gasteiger charge is 2.29. The number of nitrogens with zero attached hydrogens (tertiary/aromatic N) is 1. The van der Waals surface area contributed by atoms with E-state index in [-0.39, 0.29) is 17.9 Å². The Morgan fingerprint density at radius 1 is 1.03 bits per heavy atom. The van der Waals surface area contributed by atoms with Gasteiger partial charge in [0.05, 0.1) is 13.2 Å². The lowest BCUT2D eigenvalue weighted by Gasteiger charge is -2.31. The number of aromatic nitrogens is 1. The second-order valence-corrected chi connectivity index (χ2v) is 9.03. The van der Waals surface area contributed by atoms with Gasteiger partial charge >= 0.3 is 0 Å². The maximum Gasteiger partial charge on any atom is 0.244 e. The number of fused-ring (bicyclic) bond motifs is 1. The summed E-state index contributed by atoms with van der Waals surface area (Å²) in [4.78, 5) is 20.1. The average molecular weight is 446 g/mol. The predicted octanol–water partition coefficient (Wildman–Crippen LogP) is 4.55. The van der Waals surface area contributed by atoms with Crippen molar-refractivity contribution in [1.82, 2.24) is 15.2 Å². The molecule has 0 spiro atoms. The van der Waals surface area contributed by atoms with Crippen molar-refractivity contribution < 1.29 is 9.53 Å². The molecule has 1 aliphatic heterocycles. The van der Waals surface area contributed by atoms with E-state index in [1.54, 1.807) is 11.3 Å². The second kappa shape index (κ2) is 9.69. The molecule has 4 aromatic rings.